The summed E-state index contributed by atoms with van der Waals surface area (Å²) in [6, 6.07) is 8.09. The summed E-state index contributed by atoms with van der Waals surface area (Å²) in [5.41, 5.74) is 17.1. The number of carboxylic acid groups (broad SMARTS) is 1. The van der Waals surface area contributed by atoms with Gasteiger partial charge >= 0.3 is 18.2 Å². The predicted molar refractivity (Wildman–Crippen MR) is 375 cm³/mol. The molecule has 2 aromatic carbocycles. The van der Waals surface area contributed by atoms with Crippen LogP contribution in [0.4, 0.5) is 9.59 Å². The second-order valence-corrected chi connectivity index (χ2v) is 26.3. The maximum Gasteiger partial charge on any atom is 0.407 e. The number of benzene rings is 2. The van der Waals surface area contributed by atoms with E-state index in [2.05, 4.69) is 68.5 Å². The molecule has 8 atom stereocenters. The molecule has 0 unspecified atom stereocenters. The van der Waals surface area contributed by atoms with E-state index >= 15 is 0 Å². The van der Waals surface area contributed by atoms with Crippen LogP contribution >= 0.6 is 0 Å². The highest BCUT2D eigenvalue weighted by molar-refractivity contribution is 5.99. The molecule has 1 heterocycles. The minimum absolute atomic E-state index is 0.0284. The number of nitrogens with one attached hydrogen (secondary N) is 11. The van der Waals surface area contributed by atoms with Crippen LogP contribution in [0.5, 0.6) is 0 Å². The summed E-state index contributed by atoms with van der Waals surface area (Å²) in [6.45, 7) is 16.0. The van der Waals surface area contributed by atoms with Crippen molar-refractivity contribution in [2.45, 2.75) is 219 Å². The van der Waals surface area contributed by atoms with Crippen molar-refractivity contribution in [1.29, 1.82) is 0 Å². The summed E-state index contributed by atoms with van der Waals surface area (Å²) in [5.74, 6) is -7.79. The molecular weight excluding hydrogens is 1310 g/mol. The molecule has 1 fully saturated rings. The third-order valence-corrected chi connectivity index (χ3v) is 14.4. The zero-order valence-electron chi connectivity index (χ0n) is 59.6. The Morgan fingerprint density at radius 3 is 1.51 bits per heavy atom. The molecule has 1 saturated heterocycles. The lowest BCUT2D eigenvalue weighted by atomic mass is 10.0. The van der Waals surface area contributed by atoms with E-state index in [1.165, 1.54) is 13.8 Å². The van der Waals surface area contributed by atoms with Crippen molar-refractivity contribution in [1.82, 2.24) is 58.5 Å². The monoisotopic (exact) mass is 1420 g/mol. The average Bonchev–Trinajstić information content (AvgIpc) is 1.67. The number of aliphatic carboxylic acids is 1. The molecule has 0 bridgehead atoms. The Morgan fingerprint density at radius 1 is 0.535 bits per heavy atom. The van der Waals surface area contributed by atoms with Gasteiger partial charge in [0.05, 0.1) is 24.3 Å². The van der Waals surface area contributed by atoms with Crippen molar-refractivity contribution < 1.29 is 81.7 Å². The molecule has 560 valence electrons. The molecule has 0 radical (unpaired) electrons. The van der Waals surface area contributed by atoms with Gasteiger partial charge in [0.25, 0.3) is 0 Å². The zero-order valence-corrected chi connectivity index (χ0v) is 59.6. The van der Waals surface area contributed by atoms with Gasteiger partial charge in [-0.05, 0) is 145 Å². The molecule has 11 amide bonds. The first kappa shape index (κ1) is 87.0. The Hall–Kier alpha value is -10.1. The van der Waals surface area contributed by atoms with Gasteiger partial charge in [-0.3, -0.25) is 67.5 Å². The van der Waals surface area contributed by atoms with Gasteiger partial charge in [0.1, 0.15) is 71.6 Å². The molecule has 101 heavy (non-hydrogen) atoms. The van der Waals surface area contributed by atoms with Crippen molar-refractivity contribution in [2.24, 2.45) is 27.2 Å². The summed E-state index contributed by atoms with van der Waals surface area (Å²) in [6.07, 6.45) is 0.888. The number of carbonyl (C=O) groups excluding carboxylic acids is 13. The van der Waals surface area contributed by atoms with E-state index < -0.39 is 144 Å². The number of carbonyl (C=O) groups is 14. The van der Waals surface area contributed by atoms with Gasteiger partial charge in [0.15, 0.2) is 0 Å². The standard InChI is InChI=1S/C34H54N8O9.C34H52N8O8/c1-21(43)18-24(36)29(46)42-27(19-23-12-7-6-8-13-23)32(49)41-26(14-9-10-16-38-33(50)51-34(3,4)5)31(48)40-25(15-11-17-37-22(2)35)30(47)39-20-28(44)45;1-21(43)18-26-31(47)42-27(19-23-12-7-6-8-13-23)32(48)41-25(14-9-10-16-37-33(49)50-34(3,4)5)30(46)40-24(15-11-17-36-22(2)35)29(45)38-20-28(44)39-26/h6-8,12-13,24-27H,9-11,14-20,36H2,1-5H3,(H2,35,37)(H,38,50)(H,39,47)(H,40,48)(H,41,49)(H,42,46)(H,44,45);6-8,12-13,24-27H,9-11,14-20H2,1-5H3,(H2,35,36)(H,37,49)(H,38,45)(H,39,44)(H,40,46)(H,41,48)(H,42,47)/t2*24-,25-,26-,27+/m00/s1. The van der Waals surface area contributed by atoms with Crippen LogP contribution in [0.15, 0.2) is 70.6 Å². The van der Waals surface area contributed by atoms with Crippen molar-refractivity contribution in [3.8, 4) is 0 Å². The topological polar surface area (TPSA) is 513 Å². The summed E-state index contributed by atoms with van der Waals surface area (Å²) >= 11 is 0. The lowest BCUT2D eigenvalue weighted by Crippen LogP contribution is -2.58. The van der Waals surface area contributed by atoms with Crippen LogP contribution in [-0.2, 0) is 79.8 Å². The molecular formula is C68H106N16O17. The maximum atomic E-state index is 13.8. The van der Waals surface area contributed by atoms with E-state index in [1.807, 2.05) is 0 Å². The van der Waals surface area contributed by atoms with E-state index in [1.54, 1.807) is 116 Å². The number of ether oxygens (including phenoxy) is 2. The molecule has 2 aromatic rings. The van der Waals surface area contributed by atoms with Crippen LogP contribution < -0.4 is 75.7 Å². The van der Waals surface area contributed by atoms with E-state index in [9.17, 15) is 67.1 Å². The molecule has 1 aliphatic rings. The largest absolute Gasteiger partial charge is 0.480 e. The number of nitrogens with two attached hydrogens (primary N) is 3. The Balaban J connectivity index is 0.000000687. The number of amides is 11. The minimum Gasteiger partial charge on any atom is -0.480 e. The first-order valence-electron chi connectivity index (χ1n) is 33.6. The third-order valence-electron chi connectivity index (χ3n) is 14.4. The van der Waals surface area contributed by atoms with Crippen molar-refractivity contribution >= 4 is 94.6 Å². The van der Waals surface area contributed by atoms with Crippen molar-refractivity contribution in [3.63, 3.8) is 0 Å². The quantitative estimate of drug-likeness (QED) is 0.0248. The summed E-state index contributed by atoms with van der Waals surface area (Å²) in [7, 11) is 0. The number of amidine groups is 2. The van der Waals surface area contributed by atoms with Crippen LogP contribution in [0.25, 0.3) is 0 Å². The van der Waals surface area contributed by atoms with Gasteiger partial charge in [0, 0.05) is 51.9 Å². The number of hydrogen-bond acceptors (Lipinski definition) is 19. The molecule has 18 N–H and O–H groups in total. The number of carboxylic acids is 1. The molecule has 33 heteroatoms. The lowest BCUT2D eigenvalue weighted by molar-refractivity contribution is -0.138. The Morgan fingerprint density at radius 2 is 0.990 bits per heavy atom. The predicted octanol–water partition coefficient (Wildman–Crippen LogP) is 0.172. The van der Waals surface area contributed by atoms with Gasteiger partial charge in [-0.15, -0.1) is 0 Å². The van der Waals surface area contributed by atoms with Gasteiger partial charge in [-0.25, -0.2) is 9.59 Å². The van der Waals surface area contributed by atoms with Crippen LogP contribution in [0.3, 0.4) is 0 Å². The number of unbranched alkanes of at least 4 members (excludes halogenated alkanes) is 2. The number of Topliss-reactive ketones (excluding diaryl/α,β-unsaturated/α-hetero) is 2. The van der Waals surface area contributed by atoms with E-state index in [-0.39, 0.29) is 89.1 Å². The van der Waals surface area contributed by atoms with Crippen LogP contribution in [0.1, 0.15) is 157 Å². The summed E-state index contributed by atoms with van der Waals surface area (Å²) in [5, 5.41) is 37.5. The SMILES string of the molecule is CC(=O)C[C@@H]1NC(=O)CNC(=O)[C@H](CCCN=C(C)N)NC(=O)[C@H](CCCCNC(=O)OC(C)(C)C)NC(=O)[C@@H](Cc2ccccc2)NC1=O.CC(=O)C[C@H](N)C(=O)N[C@H](Cc1ccccc1)C(=O)N[C@@H](CCCCNC(=O)OC(C)(C)C)C(=O)N[C@@H](CCCN=C(C)N)C(=O)NCC(=O)O. The highest BCUT2D eigenvalue weighted by atomic mass is 16.6. The fourth-order valence-electron chi connectivity index (χ4n) is 9.61. The second-order valence-electron chi connectivity index (χ2n) is 26.3. The molecule has 1 aliphatic heterocycles. The number of rotatable bonds is 35. The van der Waals surface area contributed by atoms with Gasteiger partial charge in [-0.1, -0.05) is 60.7 Å². The van der Waals surface area contributed by atoms with E-state index in [0.717, 1.165) is 0 Å². The van der Waals surface area contributed by atoms with Crippen LogP contribution in [-0.4, -0.2) is 198 Å². The first-order valence-corrected chi connectivity index (χ1v) is 33.6. The van der Waals surface area contributed by atoms with Crippen LogP contribution in [0.2, 0.25) is 0 Å². The molecule has 3 rings (SSSR count). The second kappa shape index (κ2) is 45.6. The smallest absolute Gasteiger partial charge is 0.407 e. The number of aliphatic imine (C=N–C) groups is 2. The van der Waals surface area contributed by atoms with Crippen molar-refractivity contribution in [3.05, 3.63) is 71.8 Å². The molecule has 33 nitrogen and oxygen atoms in total. The van der Waals surface area contributed by atoms with Crippen molar-refractivity contribution in [2.75, 3.05) is 39.3 Å². The fourth-order valence-corrected chi connectivity index (χ4v) is 9.61. The maximum absolute atomic E-state index is 13.8. The lowest BCUT2D eigenvalue weighted by Gasteiger charge is -2.26. The summed E-state index contributed by atoms with van der Waals surface area (Å²) in [4.78, 5) is 187. The highest BCUT2D eigenvalue weighted by Crippen LogP contribution is 2.14. The molecule has 0 spiro atoms. The normalized spacial score (nSPS) is 17.5. The van der Waals surface area contributed by atoms with Gasteiger partial charge < -0.3 is 90.3 Å². The highest BCUT2D eigenvalue weighted by Gasteiger charge is 2.35. The third kappa shape index (κ3) is 39.9. The Bertz CT molecular complexity index is 3150. The first-order chi connectivity index (χ1) is 47.4. The number of nitrogens with zero attached hydrogens (tertiary/aromatic N) is 2. The zero-order chi connectivity index (χ0) is 75.8. The van der Waals surface area contributed by atoms with E-state index in [0.29, 0.717) is 61.3 Å². The molecule has 0 saturated carbocycles. The van der Waals surface area contributed by atoms with Crippen LogP contribution in [0, 0.1) is 0 Å². The number of ketones is 2. The van der Waals surface area contributed by atoms with Gasteiger partial charge in [0.2, 0.25) is 53.2 Å². The summed E-state index contributed by atoms with van der Waals surface area (Å²) < 4.78 is 10.5. The Kier molecular flexibility index (Phi) is 39.2. The average molecular weight is 1420 g/mol. The number of alkyl carbamates (subject to hydrolysis) is 2. The van der Waals surface area contributed by atoms with E-state index in [4.69, 9.17) is 31.8 Å². The Labute approximate surface area is 589 Å². The molecule has 0 aliphatic carbocycles. The molecule has 0 aromatic heterocycles. The van der Waals surface area contributed by atoms with Gasteiger partial charge in [-0.2, -0.15) is 0 Å². The fraction of sp³-hybridized carbons (Fsp3) is 0.588. The number of hydrogen-bond donors (Lipinski definition) is 15. The minimum atomic E-state index is -1.32.